The van der Waals surface area contributed by atoms with Gasteiger partial charge in [0.25, 0.3) is 0 Å². The van der Waals surface area contributed by atoms with Crippen molar-refractivity contribution in [3.05, 3.63) is 0 Å². The Morgan fingerprint density at radius 3 is 1.29 bits per heavy atom. The van der Waals surface area contributed by atoms with Gasteiger partial charge < -0.3 is 33.9 Å². The monoisotopic (exact) mass is 1340 g/mol. The van der Waals surface area contributed by atoms with Crippen molar-refractivity contribution in [2.24, 2.45) is 17.8 Å². The van der Waals surface area contributed by atoms with E-state index in [4.69, 9.17) is 45.5 Å². The van der Waals surface area contributed by atoms with Crippen LogP contribution < -0.4 is 0 Å². The molecule has 0 atom stereocenters. The van der Waals surface area contributed by atoms with Gasteiger partial charge in [-0.3, -0.25) is 33.6 Å². The number of hydrogen-bond acceptors (Lipinski definition) is 13. The van der Waals surface area contributed by atoms with Crippen molar-refractivity contribution in [1.82, 2.24) is 0 Å². The molecule has 0 spiro atoms. The third-order valence-electron chi connectivity index (χ3n) is 7.82. The fourth-order valence-electron chi connectivity index (χ4n) is 4.33. The van der Waals surface area contributed by atoms with E-state index in [1.807, 2.05) is 41.5 Å². The predicted octanol–water partition coefficient (Wildman–Crippen LogP) is 11.6. The molecule has 0 aromatic rings. The third-order valence-corrected chi connectivity index (χ3v) is 12.8. The van der Waals surface area contributed by atoms with Gasteiger partial charge >= 0.3 is 35.8 Å². The number of unbranched alkanes of at least 4 members (excludes halogenated alkanes) is 6. The summed E-state index contributed by atoms with van der Waals surface area (Å²) in [6.07, 6.45) is 11.8. The Balaban J connectivity index is -0.000000373. The summed E-state index contributed by atoms with van der Waals surface area (Å²) in [6, 6.07) is 0. The van der Waals surface area contributed by atoms with E-state index in [-0.39, 0.29) is 71.5 Å². The largest absolute Gasteiger partial charge is 0.481 e. The Labute approximate surface area is 443 Å². The maximum Gasteiger partial charge on any atom is 0.310 e. The van der Waals surface area contributed by atoms with Gasteiger partial charge in [-0.15, -0.1) is 0 Å². The van der Waals surface area contributed by atoms with Crippen LogP contribution in [0.15, 0.2) is 0 Å². The fourth-order valence-corrected chi connectivity index (χ4v) is 9.72. The Bertz CT molecular complexity index is 1240. The Hall–Kier alpha value is -0.380. The number of halogens is 7. The molecule has 0 saturated carbocycles. The second-order valence-electron chi connectivity index (χ2n) is 16.4. The molecular formula is C44H75Br6ClO14. The lowest BCUT2D eigenvalue weighted by molar-refractivity contribution is -0.156. The van der Waals surface area contributed by atoms with Gasteiger partial charge in [-0.25, -0.2) is 0 Å². The number of alkyl halides is 6. The van der Waals surface area contributed by atoms with Crippen LogP contribution >= 0.6 is 107 Å². The molecule has 1 fully saturated rings. The van der Waals surface area contributed by atoms with Crippen molar-refractivity contribution in [2.75, 3.05) is 58.4 Å². The van der Waals surface area contributed by atoms with Crippen LogP contribution in [0.25, 0.3) is 0 Å². The first-order chi connectivity index (χ1) is 30.5. The van der Waals surface area contributed by atoms with Gasteiger partial charge in [-0.1, -0.05) is 102 Å². The number of hydrogen-bond donors (Lipinski definition) is 2. The smallest absolute Gasteiger partial charge is 0.310 e. The van der Waals surface area contributed by atoms with Crippen LogP contribution in [-0.2, 0) is 57.2 Å². The normalized spacial score (nSPS) is 12.3. The molecule has 0 bridgehead atoms. The number of carboxylic acid groups (broad SMARTS) is 1. The molecule has 384 valence electrons. The molecule has 14 nitrogen and oxygen atoms in total. The highest BCUT2D eigenvalue weighted by molar-refractivity contribution is 9.10. The number of aliphatic hydroxyl groups is 1. The number of cyclic esters (lactones) is 1. The van der Waals surface area contributed by atoms with E-state index < -0.39 is 11.6 Å². The van der Waals surface area contributed by atoms with Crippen molar-refractivity contribution in [3.63, 3.8) is 0 Å². The summed E-state index contributed by atoms with van der Waals surface area (Å²) in [5, 5.41) is 20.2. The van der Waals surface area contributed by atoms with Gasteiger partial charge in [0.05, 0.1) is 37.6 Å². The molecule has 0 aromatic carbocycles. The van der Waals surface area contributed by atoms with Gasteiger partial charge in [-0.05, 0) is 124 Å². The Morgan fingerprint density at radius 2 is 0.969 bits per heavy atom. The SMILES string of the molecule is CC(C)(C)OC(=O)CCCCCO.CC(C)(C)OC(=O)CCCCCOC(=O)C(CBr)CBr.O=C(Cl)C(CBr)CBr.O=C(O)CCCCCOC(=O)C(CBr)CBr.O=C1CCCCCO1. The third kappa shape index (κ3) is 54.4. The van der Waals surface area contributed by atoms with E-state index in [9.17, 15) is 33.6 Å². The zero-order valence-corrected chi connectivity index (χ0v) is 49.3. The summed E-state index contributed by atoms with van der Waals surface area (Å²) in [4.78, 5) is 76.5. The highest BCUT2D eigenvalue weighted by Gasteiger charge is 2.19. The number of rotatable bonds is 26. The average Bonchev–Trinajstić information content (AvgIpc) is 3.47. The molecule has 0 unspecified atom stereocenters. The highest BCUT2D eigenvalue weighted by Crippen LogP contribution is 2.14. The minimum absolute atomic E-state index is 0.0255. The van der Waals surface area contributed by atoms with Gasteiger partial charge in [0.2, 0.25) is 5.24 Å². The molecule has 1 aliphatic heterocycles. The number of carbonyl (C=O) groups excluding carboxylic acids is 6. The molecule has 65 heavy (non-hydrogen) atoms. The Kier molecular flexibility index (Phi) is 51.8. The van der Waals surface area contributed by atoms with Crippen LogP contribution in [0.2, 0.25) is 0 Å². The number of carboxylic acids is 1. The first kappa shape index (κ1) is 71.2. The van der Waals surface area contributed by atoms with Crippen molar-refractivity contribution in [1.29, 1.82) is 0 Å². The van der Waals surface area contributed by atoms with Crippen molar-refractivity contribution in [3.8, 4) is 0 Å². The van der Waals surface area contributed by atoms with Gasteiger partial charge in [0.15, 0.2) is 0 Å². The van der Waals surface area contributed by atoms with Crippen LogP contribution in [-0.4, -0.2) is 121 Å². The summed E-state index contributed by atoms with van der Waals surface area (Å²) in [5.74, 6) is -1.91. The van der Waals surface area contributed by atoms with Crippen molar-refractivity contribution < 1.29 is 67.5 Å². The molecule has 0 amide bonds. The van der Waals surface area contributed by atoms with Crippen LogP contribution in [0.5, 0.6) is 0 Å². The quantitative estimate of drug-likeness (QED) is 0.0272. The van der Waals surface area contributed by atoms with E-state index in [0.717, 1.165) is 70.6 Å². The van der Waals surface area contributed by atoms with Crippen molar-refractivity contribution >= 4 is 148 Å². The number of aliphatic hydroxyl groups excluding tert-OH is 1. The Morgan fingerprint density at radius 1 is 0.585 bits per heavy atom. The molecule has 21 heteroatoms. The number of ether oxygens (including phenoxy) is 5. The topological polar surface area (TPSA) is 206 Å². The van der Waals surface area contributed by atoms with E-state index in [1.54, 1.807) is 0 Å². The van der Waals surface area contributed by atoms with Gasteiger partial charge in [0.1, 0.15) is 11.2 Å². The highest BCUT2D eigenvalue weighted by atomic mass is 79.9. The molecule has 0 aliphatic carbocycles. The summed E-state index contributed by atoms with van der Waals surface area (Å²) in [6.45, 7) is 12.8. The zero-order chi connectivity index (χ0) is 50.7. The second-order valence-corrected chi connectivity index (χ2v) is 20.7. The molecule has 0 radical (unpaired) electrons. The molecule has 2 N–H and O–H groups in total. The van der Waals surface area contributed by atoms with E-state index in [2.05, 4.69) is 95.6 Å². The van der Waals surface area contributed by atoms with Crippen LogP contribution in [0.3, 0.4) is 0 Å². The molecule has 1 rings (SSSR count). The zero-order valence-electron chi connectivity index (χ0n) is 39.1. The number of carbonyl (C=O) groups is 7. The molecule has 1 aliphatic rings. The fraction of sp³-hybridized carbons (Fsp3) is 0.841. The standard InChI is InChI=1S/C14H24Br2O4.C10H16Br2O4.C10H20O3.C6H10O2.C4H5Br2ClO/c1-14(2,3)20-12(17)7-5-4-6-8-19-13(18)11(9-15)10-16;11-6-8(7-12)10(15)16-5-3-1-2-4-9(13)14;1-10(2,3)13-9(12)7-5-4-6-8-11;7-6-4-2-1-3-5-8-6;5-1-3(2-6)4(7)8/h11H,4-10H2,1-3H3;8H,1-7H2,(H,13,14);11H,4-8H2,1-3H3;1-5H2;3H,1-2H2. The summed E-state index contributed by atoms with van der Waals surface area (Å²) in [5.41, 5.74) is -0.805. The van der Waals surface area contributed by atoms with E-state index in [1.165, 1.54) is 0 Å². The minimum atomic E-state index is -0.782. The first-order valence-corrected chi connectivity index (χ1v) is 28.9. The summed E-state index contributed by atoms with van der Waals surface area (Å²) < 4.78 is 25.3. The average molecular weight is 1340 g/mol. The van der Waals surface area contributed by atoms with Crippen molar-refractivity contribution in [2.45, 2.75) is 155 Å². The molecule has 1 heterocycles. The number of aliphatic carboxylic acids is 1. The summed E-state index contributed by atoms with van der Waals surface area (Å²) in [7, 11) is 0. The first-order valence-electron chi connectivity index (χ1n) is 21.8. The lowest BCUT2D eigenvalue weighted by Crippen LogP contribution is -2.23. The van der Waals surface area contributed by atoms with Crippen LogP contribution in [0, 0.1) is 17.8 Å². The van der Waals surface area contributed by atoms with Gasteiger partial charge in [0, 0.05) is 64.3 Å². The lowest BCUT2D eigenvalue weighted by atomic mass is 10.1. The maximum absolute atomic E-state index is 11.5. The van der Waals surface area contributed by atoms with E-state index >= 15 is 0 Å². The number of esters is 5. The minimum Gasteiger partial charge on any atom is -0.481 e. The molecule has 1 saturated heterocycles. The lowest BCUT2D eigenvalue weighted by Gasteiger charge is -2.19. The second kappa shape index (κ2) is 47.3. The van der Waals surface area contributed by atoms with Crippen LogP contribution in [0.1, 0.15) is 144 Å². The molecular weight excluding hydrogens is 1270 g/mol. The van der Waals surface area contributed by atoms with E-state index in [0.29, 0.717) is 77.5 Å². The molecule has 0 aromatic heterocycles. The summed E-state index contributed by atoms with van der Waals surface area (Å²) >= 11 is 24.4. The maximum atomic E-state index is 11.5. The van der Waals surface area contributed by atoms with Gasteiger partial charge in [-0.2, -0.15) is 0 Å². The van der Waals surface area contributed by atoms with Crippen LogP contribution in [0.4, 0.5) is 0 Å². The predicted molar refractivity (Wildman–Crippen MR) is 277 cm³/mol.